The van der Waals surface area contributed by atoms with E-state index < -0.39 is 0 Å². The van der Waals surface area contributed by atoms with E-state index in [2.05, 4.69) is 33.3 Å². The maximum absolute atomic E-state index is 4.59. The van der Waals surface area contributed by atoms with E-state index in [-0.39, 0.29) is 0 Å². The second kappa shape index (κ2) is 6.33. The van der Waals surface area contributed by atoms with Crippen molar-refractivity contribution in [1.82, 2.24) is 24.6 Å². The Morgan fingerprint density at radius 1 is 1.40 bits per heavy atom. The molecule has 1 fully saturated rings. The van der Waals surface area contributed by atoms with E-state index in [0.29, 0.717) is 0 Å². The summed E-state index contributed by atoms with van der Waals surface area (Å²) < 4.78 is 1.99. The highest BCUT2D eigenvalue weighted by atomic mass is 15.2. The van der Waals surface area contributed by atoms with Crippen LogP contribution in [0.1, 0.15) is 25.5 Å². The lowest BCUT2D eigenvalue weighted by molar-refractivity contribution is 0.205. The zero-order valence-corrected chi connectivity index (χ0v) is 12.1. The second-order valence-electron chi connectivity index (χ2n) is 5.58. The Hall–Kier alpha value is -1.46. The lowest BCUT2D eigenvalue weighted by Gasteiger charge is -2.28. The molecule has 0 bridgehead atoms. The van der Waals surface area contributed by atoms with Crippen LogP contribution in [-0.4, -0.2) is 45.4 Å². The van der Waals surface area contributed by atoms with Crippen molar-refractivity contribution in [2.75, 3.05) is 26.2 Å². The zero-order valence-electron chi connectivity index (χ0n) is 12.1. The molecule has 1 aliphatic rings. The highest BCUT2D eigenvalue weighted by Crippen LogP contribution is 2.15. The van der Waals surface area contributed by atoms with Crippen LogP contribution in [-0.2, 0) is 6.54 Å². The maximum Gasteiger partial charge on any atom is 0.233 e. The van der Waals surface area contributed by atoms with Crippen LogP contribution in [0.25, 0.3) is 5.78 Å². The van der Waals surface area contributed by atoms with Gasteiger partial charge in [-0.2, -0.15) is 0 Å². The molecule has 0 spiro atoms. The lowest BCUT2D eigenvalue weighted by atomic mass is 9.97. The fourth-order valence-electron chi connectivity index (χ4n) is 2.92. The van der Waals surface area contributed by atoms with Crippen LogP contribution in [0, 0.1) is 5.92 Å². The van der Waals surface area contributed by atoms with Gasteiger partial charge in [-0.25, -0.2) is 9.97 Å². The fraction of sp³-hybridized carbons (Fsp3) is 0.600. The van der Waals surface area contributed by atoms with Gasteiger partial charge in [0, 0.05) is 31.7 Å². The fourth-order valence-corrected chi connectivity index (χ4v) is 2.92. The summed E-state index contributed by atoms with van der Waals surface area (Å²) in [6, 6.07) is 1.94. The number of hydrogen-bond acceptors (Lipinski definition) is 4. The summed E-state index contributed by atoms with van der Waals surface area (Å²) >= 11 is 0. The van der Waals surface area contributed by atoms with Gasteiger partial charge in [-0.05, 0) is 44.5 Å². The van der Waals surface area contributed by atoms with Gasteiger partial charge < -0.3 is 5.32 Å². The minimum atomic E-state index is 0.792. The molecule has 0 aliphatic carbocycles. The molecule has 5 heteroatoms. The third-order valence-electron chi connectivity index (χ3n) is 4.09. The van der Waals surface area contributed by atoms with E-state index >= 15 is 0 Å². The molecule has 1 N–H and O–H groups in total. The first-order valence-electron chi connectivity index (χ1n) is 7.57. The van der Waals surface area contributed by atoms with Gasteiger partial charge in [-0.3, -0.25) is 9.30 Å². The highest BCUT2D eigenvalue weighted by Gasteiger charge is 2.17. The number of imidazole rings is 1. The number of hydrogen-bond donors (Lipinski definition) is 1. The van der Waals surface area contributed by atoms with Crippen LogP contribution >= 0.6 is 0 Å². The largest absolute Gasteiger partial charge is 0.317 e. The number of piperidine rings is 1. The Morgan fingerprint density at radius 2 is 2.25 bits per heavy atom. The van der Waals surface area contributed by atoms with Crippen LogP contribution < -0.4 is 5.32 Å². The third-order valence-corrected chi connectivity index (χ3v) is 4.09. The van der Waals surface area contributed by atoms with Crippen molar-refractivity contribution in [1.29, 1.82) is 0 Å². The Bertz CT molecular complexity index is 511. The third kappa shape index (κ3) is 3.16. The van der Waals surface area contributed by atoms with Crippen molar-refractivity contribution >= 4 is 5.78 Å². The van der Waals surface area contributed by atoms with Crippen molar-refractivity contribution in [3.05, 3.63) is 30.4 Å². The summed E-state index contributed by atoms with van der Waals surface area (Å²) in [7, 11) is 0. The van der Waals surface area contributed by atoms with Gasteiger partial charge in [-0.15, -0.1) is 0 Å². The summed E-state index contributed by atoms with van der Waals surface area (Å²) in [6.07, 6.45) is 8.47. The van der Waals surface area contributed by atoms with Gasteiger partial charge in [-0.1, -0.05) is 6.92 Å². The molecule has 0 aromatic carbocycles. The van der Waals surface area contributed by atoms with Crippen LogP contribution in [0.3, 0.4) is 0 Å². The van der Waals surface area contributed by atoms with E-state index in [1.165, 1.54) is 32.5 Å². The summed E-state index contributed by atoms with van der Waals surface area (Å²) in [5.41, 5.74) is 1.11. The van der Waals surface area contributed by atoms with Gasteiger partial charge in [0.05, 0.1) is 5.69 Å². The van der Waals surface area contributed by atoms with Gasteiger partial charge in [0.1, 0.15) is 0 Å². The predicted molar refractivity (Wildman–Crippen MR) is 79.5 cm³/mol. The first-order chi connectivity index (χ1) is 9.85. The average Bonchev–Trinajstić information content (AvgIpc) is 2.90. The standard InChI is InChI=1S/C15H23N5/c1-2-19(10-13-4-7-16-8-5-13)11-14-12-20-9-3-6-17-15(20)18-14/h3,6,9,12-13,16H,2,4-5,7-8,10-11H2,1H3. The Morgan fingerprint density at radius 3 is 3.00 bits per heavy atom. The van der Waals surface area contributed by atoms with Crippen molar-refractivity contribution in [3.63, 3.8) is 0 Å². The summed E-state index contributed by atoms with van der Waals surface area (Å²) in [5, 5.41) is 3.43. The van der Waals surface area contributed by atoms with E-state index in [0.717, 1.165) is 30.5 Å². The molecular weight excluding hydrogens is 250 g/mol. The normalized spacial score (nSPS) is 17.1. The number of aromatic nitrogens is 3. The predicted octanol–water partition coefficient (Wildman–Crippen LogP) is 1.55. The number of fused-ring (bicyclic) bond motifs is 1. The summed E-state index contributed by atoms with van der Waals surface area (Å²) in [6.45, 7) is 7.74. The highest BCUT2D eigenvalue weighted by molar-refractivity contribution is 5.29. The molecule has 0 saturated carbocycles. The molecule has 20 heavy (non-hydrogen) atoms. The molecule has 0 atom stereocenters. The number of rotatable bonds is 5. The Kier molecular flexibility index (Phi) is 4.28. The Balaban J connectivity index is 1.64. The van der Waals surface area contributed by atoms with E-state index in [9.17, 15) is 0 Å². The van der Waals surface area contributed by atoms with E-state index in [4.69, 9.17) is 0 Å². The summed E-state index contributed by atoms with van der Waals surface area (Å²) in [5.74, 6) is 1.62. The smallest absolute Gasteiger partial charge is 0.233 e. The van der Waals surface area contributed by atoms with Crippen LogP contribution in [0.5, 0.6) is 0 Å². The summed E-state index contributed by atoms with van der Waals surface area (Å²) in [4.78, 5) is 11.4. The molecule has 0 amide bonds. The molecule has 0 radical (unpaired) electrons. The van der Waals surface area contributed by atoms with Crippen molar-refractivity contribution in [2.24, 2.45) is 5.92 Å². The molecule has 3 rings (SSSR count). The van der Waals surface area contributed by atoms with Crippen LogP contribution in [0.15, 0.2) is 24.7 Å². The average molecular weight is 273 g/mol. The molecule has 1 aliphatic heterocycles. The number of nitrogens with one attached hydrogen (secondary N) is 1. The Labute approximate surface area is 120 Å². The van der Waals surface area contributed by atoms with Crippen LogP contribution in [0.4, 0.5) is 0 Å². The topological polar surface area (TPSA) is 45.5 Å². The first kappa shape index (κ1) is 13.5. The molecule has 3 heterocycles. The van der Waals surface area contributed by atoms with Gasteiger partial charge in [0.25, 0.3) is 0 Å². The minimum Gasteiger partial charge on any atom is -0.317 e. The monoisotopic (exact) mass is 273 g/mol. The van der Waals surface area contributed by atoms with Crippen molar-refractivity contribution in [3.8, 4) is 0 Å². The molecule has 108 valence electrons. The van der Waals surface area contributed by atoms with Crippen LogP contribution in [0.2, 0.25) is 0 Å². The van der Waals surface area contributed by atoms with Gasteiger partial charge in [0.15, 0.2) is 0 Å². The first-order valence-corrected chi connectivity index (χ1v) is 7.57. The van der Waals surface area contributed by atoms with Gasteiger partial charge in [0.2, 0.25) is 5.78 Å². The second-order valence-corrected chi connectivity index (χ2v) is 5.58. The molecule has 2 aromatic rings. The molecule has 1 saturated heterocycles. The quantitative estimate of drug-likeness (QED) is 0.898. The van der Waals surface area contributed by atoms with E-state index in [1.807, 2.05) is 16.7 Å². The molecule has 2 aromatic heterocycles. The molecular formula is C15H23N5. The molecule has 5 nitrogen and oxygen atoms in total. The number of nitrogens with zero attached hydrogens (tertiary/aromatic N) is 4. The van der Waals surface area contributed by atoms with E-state index in [1.54, 1.807) is 6.20 Å². The maximum atomic E-state index is 4.59. The molecule has 0 unspecified atom stereocenters. The van der Waals surface area contributed by atoms with Crippen molar-refractivity contribution in [2.45, 2.75) is 26.3 Å². The van der Waals surface area contributed by atoms with Gasteiger partial charge >= 0.3 is 0 Å². The zero-order chi connectivity index (χ0) is 13.8. The SMILES string of the molecule is CCN(Cc1cn2cccnc2n1)CC1CCNCC1. The minimum absolute atomic E-state index is 0.792. The van der Waals surface area contributed by atoms with Crippen molar-refractivity contribution < 1.29 is 0 Å². The lowest BCUT2D eigenvalue weighted by Crippen LogP contribution is -2.36.